The number of hydrogen-bond acceptors (Lipinski definition) is 3. The maximum atomic E-state index is 12.1. The number of benzene rings is 1. The lowest BCUT2D eigenvalue weighted by molar-refractivity contribution is -0.0498. The lowest BCUT2D eigenvalue weighted by atomic mass is 10.0. The first-order valence-corrected chi connectivity index (χ1v) is 7.08. The Morgan fingerprint density at radius 3 is 2.20 bits per heavy atom. The van der Waals surface area contributed by atoms with Crippen molar-refractivity contribution in [2.75, 3.05) is 13.1 Å². The Morgan fingerprint density at radius 2 is 1.75 bits per heavy atom. The van der Waals surface area contributed by atoms with Crippen LogP contribution in [0.5, 0.6) is 5.75 Å². The van der Waals surface area contributed by atoms with Gasteiger partial charge in [-0.15, -0.1) is 0 Å². The van der Waals surface area contributed by atoms with E-state index in [-0.39, 0.29) is 11.8 Å². The van der Waals surface area contributed by atoms with Gasteiger partial charge in [0, 0.05) is 12.6 Å². The fourth-order valence-electron chi connectivity index (χ4n) is 2.11. The number of ether oxygens (including phenoxy) is 1. The number of alkyl halides is 2. The van der Waals surface area contributed by atoms with Crippen LogP contribution >= 0.6 is 0 Å². The van der Waals surface area contributed by atoms with Gasteiger partial charge in [-0.2, -0.15) is 8.78 Å². The van der Waals surface area contributed by atoms with Crippen molar-refractivity contribution in [2.24, 2.45) is 11.7 Å². The zero-order valence-corrected chi connectivity index (χ0v) is 12.1. The van der Waals surface area contributed by atoms with Gasteiger partial charge in [0.1, 0.15) is 5.75 Å². The summed E-state index contributed by atoms with van der Waals surface area (Å²) >= 11 is 0. The Bertz CT molecular complexity index is 367. The van der Waals surface area contributed by atoms with Crippen molar-refractivity contribution in [3.63, 3.8) is 0 Å². The van der Waals surface area contributed by atoms with Crippen LogP contribution in [0.15, 0.2) is 24.3 Å². The molecule has 0 amide bonds. The molecule has 20 heavy (non-hydrogen) atoms. The summed E-state index contributed by atoms with van der Waals surface area (Å²) in [5, 5.41) is 3.43. The molecular weight excluding hydrogens is 262 g/mol. The summed E-state index contributed by atoms with van der Waals surface area (Å²) in [6, 6.07) is 6.67. The Kier molecular flexibility index (Phi) is 7.47. The highest BCUT2D eigenvalue weighted by atomic mass is 19.3. The molecule has 1 aromatic rings. The molecule has 3 N–H and O–H groups in total. The zero-order valence-electron chi connectivity index (χ0n) is 12.1. The van der Waals surface area contributed by atoms with Gasteiger partial charge >= 0.3 is 6.61 Å². The van der Waals surface area contributed by atoms with Crippen LogP contribution in [0, 0.1) is 5.92 Å². The molecule has 0 heterocycles. The Balaban J connectivity index is 2.60. The molecule has 0 aliphatic rings. The quantitative estimate of drug-likeness (QED) is 0.732. The van der Waals surface area contributed by atoms with Crippen LogP contribution in [0.2, 0.25) is 0 Å². The third-order valence-corrected chi connectivity index (χ3v) is 3.55. The van der Waals surface area contributed by atoms with Gasteiger partial charge in [-0.3, -0.25) is 0 Å². The van der Waals surface area contributed by atoms with Crippen LogP contribution in [-0.4, -0.2) is 19.7 Å². The monoisotopic (exact) mass is 286 g/mol. The van der Waals surface area contributed by atoms with Crippen LogP contribution in [0.3, 0.4) is 0 Å². The molecule has 0 saturated carbocycles. The maximum Gasteiger partial charge on any atom is 0.387 e. The Hall–Kier alpha value is -1.20. The van der Waals surface area contributed by atoms with Gasteiger partial charge in [-0.25, -0.2) is 0 Å². The molecule has 1 unspecified atom stereocenters. The minimum absolute atomic E-state index is 0.0381. The number of rotatable bonds is 9. The lowest BCUT2D eigenvalue weighted by Crippen LogP contribution is -2.32. The third kappa shape index (κ3) is 5.43. The molecule has 0 spiro atoms. The van der Waals surface area contributed by atoms with Gasteiger partial charge in [0.15, 0.2) is 0 Å². The molecule has 0 bridgehead atoms. The second kappa shape index (κ2) is 8.87. The summed E-state index contributed by atoms with van der Waals surface area (Å²) < 4.78 is 28.5. The van der Waals surface area contributed by atoms with E-state index in [1.807, 2.05) is 0 Å². The summed E-state index contributed by atoms with van der Waals surface area (Å²) in [4.78, 5) is 0. The third-order valence-electron chi connectivity index (χ3n) is 3.55. The Labute approximate surface area is 119 Å². The highest BCUT2D eigenvalue weighted by molar-refractivity contribution is 5.29. The van der Waals surface area contributed by atoms with E-state index in [1.54, 1.807) is 24.3 Å². The first kappa shape index (κ1) is 16.9. The van der Waals surface area contributed by atoms with E-state index in [9.17, 15) is 8.78 Å². The molecular formula is C15H24F2N2O. The average molecular weight is 286 g/mol. The summed E-state index contributed by atoms with van der Waals surface area (Å²) in [6.45, 7) is 2.92. The molecule has 0 radical (unpaired) electrons. The lowest BCUT2D eigenvalue weighted by Gasteiger charge is -2.21. The van der Waals surface area contributed by atoms with E-state index in [0.29, 0.717) is 12.5 Å². The van der Waals surface area contributed by atoms with Crippen LogP contribution in [-0.2, 0) is 0 Å². The molecule has 1 aromatic carbocycles. The van der Waals surface area contributed by atoms with Gasteiger partial charge in [-0.1, -0.05) is 38.8 Å². The molecule has 5 heteroatoms. The van der Waals surface area contributed by atoms with Crippen molar-refractivity contribution in [1.29, 1.82) is 0 Å². The fraction of sp³-hybridized carbons (Fsp3) is 0.600. The standard InChI is InChI=1S/C15H24F2N2O/c1-3-11(4-2)10-19-14(9-18)12-5-7-13(8-6-12)20-15(16)17/h5-8,11,14-15,19H,3-4,9-10,18H2,1-2H3. The second-order valence-electron chi connectivity index (χ2n) is 4.83. The molecule has 1 atom stereocenters. The van der Waals surface area contributed by atoms with Crippen molar-refractivity contribution in [2.45, 2.75) is 39.3 Å². The zero-order chi connectivity index (χ0) is 15.0. The number of nitrogens with two attached hydrogens (primary N) is 1. The SMILES string of the molecule is CCC(CC)CNC(CN)c1ccc(OC(F)F)cc1. The normalized spacial score (nSPS) is 12.9. The number of nitrogens with one attached hydrogen (secondary N) is 1. The summed E-state index contributed by atoms with van der Waals surface area (Å²) in [5.41, 5.74) is 6.77. The summed E-state index contributed by atoms with van der Waals surface area (Å²) in [7, 11) is 0. The smallest absolute Gasteiger partial charge is 0.387 e. The Morgan fingerprint density at radius 1 is 1.15 bits per heavy atom. The van der Waals surface area contributed by atoms with Crippen molar-refractivity contribution in [1.82, 2.24) is 5.32 Å². The van der Waals surface area contributed by atoms with E-state index in [1.165, 1.54) is 0 Å². The predicted molar refractivity (Wildman–Crippen MR) is 76.9 cm³/mol. The highest BCUT2D eigenvalue weighted by Gasteiger charge is 2.12. The predicted octanol–water partition coefficient (Wildman–Crippen LogP) is 3.31. The highest BCUT2D eigenvalue weighted by Crippen LogP contribution is 2.19. The minimum Gasteiger partial charge on any atom is -0.435 e. The first-order valence-electron chi connectivity index (χ1n) is 7.08. The van der Waals surface area contributed by atoms with Gasteiger partial charge in [0.25, 0.3) is 0 Å². The second-order valence-corrected chi connectivity index (χ2v) is 4.83. The van der Waals surface area contributed by atoms with Crippen molar-refractivity contribution < 1.29 is 13.5 Å². The van der Waals surface area contributed by atoms with Gasteiger partial charge in [0.05, 0.1) is 0 Å². The molecule has 0 aliphatic heterocycles. The van der Waals surface area contributed by atoms with E-state index in [0.717, 1.165) is 24.9 Å². The van der Waals surface area contributed by atoms with Crippen molar-refractivity contribution in [3.05, 3.63) is 29.8 Å². The van der Waals surface area contributed by atoms with Crippen LogP contribution in [0.25, 0.3) is 0 Å². The van der Waals surface area contributed by atoms with E-state index < -0.39 is 6.61 Å². The van der Waals surface area contributed by atoms with E-state index in [4.69, 9.17) is 5.73 Å². The minimum atomic E-state index is -2.79. The molecule has 3 nitrogen and oxygen atoms in total. The largest absolute Gasteiger partial charge is 0.435 e. The molecule has 1 rings (SSSR count). The van der Waals surface area contributed by atoms with Gasteiger partial charge in [0.2, 0.25) is 0 Å². The van der Waals surface area contributed by atoms with Crippen LogP contribution in [0.1, 0.15) is 38.3 Å². The maximum absolute atomic E-state index is 12.1. The fourth-order valence-corrected chi connectivity index (χ4v) is 2.11. The van der Waals surface area contributed by atoms with Crippen molar-refractivity contribution >= 4 is 0 Å². The van der Waals surface area contributed by atoms with Crippen molar-refractivity contribution in [3.8, 4) is 5.75 Å². The van der Waals surface area contributed by atoms with E-state index in [2.05, 4.69) is 23.9 Å². The molecule has 0 fully saturated rings. The first-order chi connectivity index (χ1) is 9.60. The number of halogens is 2. The molecule has 0 aromatic heterocycles. The van der Waals surface area contributed by atoms with E-state index >= 15 is 0 Å². The molecule has 0 aliphatic carbocycles. The average Bonchev–Trinajstić information content (AvgIpc) is 2.44. The van der Waals surface area contributed by atoms with Crippen LogP contribution < -0.4 is 15.8 Å². The molecule has 114 valence electrons. The topological polar surface area (TPSA) is 47.3 Å². The summed E-state index contributed by atoms with van der Waals surface area (Å²) in [5.74, 6) is 0.796. The van der Waals surface area contributed by atoms with Gasteiger partial charge in [-0.05, 0) is 30.2 Å². The molecule has 0 saturated heterocycles. The van der Waals surface area contributed by atoms with Crippen LogP contribution in [0.4, 0.5) is 8.78 Å². The summed E-state index contributed by atoms with van der Waals surface area (Å²) in [6.07, 6.45) is 2.25. The van der Waals surface area contributed by atoms with Gasteiger partial charge < -0.3 is 15.8 Å². The number of hydrogen-bond donors (Lipinski definition) is 2.